The zero-order chi connectivity index (χ0) is 13.4. The molecule has 0 saturated carbocycles. The predicted molar refractivity (Wildman–Crippen MR) is 69.4 cm³/mol. The van der Waals surface area contributed by atoms with Crippen molar-refractivity contribution in [2.75, 3.05) is 13.7 Å². The predicted octanol–water partition coefficient (Wildman–Crippen LogP) is -0.450. The van der Waals surface area contributed by atoms with Gasteiger partial charge < -0.3 is 9.84 Å². The zero-order valence-corrected chi connectivity index (χ0v) is 10.8. The Kier molecular flexibility index (Phi) is 6.13. The normalized spacial score (nSPS) is 13.8. The second-order valence-electron chi connectivity index (χ2n) is 3.63. The summed E-state index contributed by atoms with van der Waals surface area (Å²) in [6, 6.07) is 9.85. The molecule has 1 aromatic rings. The molecular formula is C12H21N4O2+. The van der Waals surface area contributed by atoms with E-state index in [0.717, 1.165) is 5.56 Å². The first-order chi connectivity index (χ1) is 8.72. The molecular weight excluding hydrogens is 232 g/mol. The highest BCUT2D eigenvalue weighted by atomic mass is 16.6. The molecule has 1 rings (SSSR count). The van der Waals surface area contributed by atoms with E-state index in [4.69, 9.17) is 10.6 Å². The zero-order valence-electron chi connectivity index (χ0n) is 10.8. The first-order valence-corrected chi connectivity index (χ1v) is 5.84. The van der Waals surface area contributed by atoms with Gasteiger partial charge >= 0.3 is 5.84 Å². The van der Waals surface area contributed by atoms with Gasteiger partial charge in [0.2, 0.25) is 0 Å². The number of hydrogen-bond acceptors (Lipinski definition) is 4. The van der Waals surface area contributed by atoms with Gasteiger partial charge in [0.1, 0.15) is 6.54 Å². The van der Waals surface area contributed by atoms with Gasteiger partial charge in [-0.05, 0) is 12.5 Å². The summed E-state index contributed by atoms with van der Waals surface area (Å²) in [6.07, 6.45) is -1.09. The topological polar surface area (TPSA) is 82.6 Å². The van der Waals surface area contributed by atoms with Crippen LogP contribution in [-0.2, 0) is 11.3 Å². The molecule has 0 saturated heterocycles. The summed E-state index contributed by atoms with van der Waals surface area (Å²) < 4.78 is 6.80. The van der Waals surface area contributed by atoms with E-state index < -0.39 is 6.29 Å². The number of amidine groups is 1. The SMILES string of the molecule is CCOC(O)C(NN)=[N+](Cc1ccccc1)NC. The van der Waals surface area contributed by atoms with Gasteiger partial charge in [0.25, 0.3) is 6.29 Å². The number of nitrogens with two attached hydrogens (primary N) is 1. The number of nitrogens with one attached hydrogen (secondary N) is 2. The average molecular weight is 253 g/mol. The summed E-state index contributed by atoms with van der Waals surface area (Å²) in [5.41, 5.74) is 6.50. The highest BCUT2D eigenvalue weighted by Gasteiger charge is 2.22. The molecule has 5 N–H and O–H groups in total. The quantitative estimate of drug-likeness (QED) is 0.138. The molecule has 0 aromatic heterocycles. The molecule has 1 atom stereocenters. The number of hydrazone groups is 1. The largest absolute Gasteiger partial charge is 0.358 e. The van der Waals surface area contributed by atoms with Crippen LogP contribution in [0.2, 0.25) is 0 Å². The van der Waals surface area contributed by atoms with E-state index in [9.17, 15) is 5.11 Å². The van der Waals surface area contributed by atoms with Gasteiger partial charge in [0, 0.05) is 13.7 Å². The summed E-state index contributed by atoms with van der Waals surface area (Å²) in [6.45, 7) is 2.76. The minimum absolute atomic E-state index is 0.364. The maximum atomic E-state index is 9.81. The van der Waals surface area contributed by atoms with Gasteiger partial charge in [0.05, 0.1) is 0 Å². The molecule has 1 unspecified atom stereocenters. The average Bonchev–Trinajstić information content (AvgIpc) is 2.40. The van der Waals surface area contributed by atoms with Crippen LogP contribution in [0.5, 0.6) is 0 Å². The number of benzene rings is 1. The molecule has 0 amide bonds. The Balaban J connectivity index is 2.90. The lowest BCUT2D eigenvalue weighted by atomic mass is 10.2. The van der Waals surface area contributed by atoms with Crippen LogP contribution in [0.15, 0.2) is 30.3 Å². The van der Waals surface area contributed by atoms with Crippen LogP contribution in [0.3, 0.4) is 0 Å². The molecule has 0 bridgehead atoms. The van der Waals surface area contributed by atoms with Crippen molar-refractivity contribution in [1.29, 1.82) is 0 Å². The number of nitrogens with zero attached hydrogens (tertiary/aromatic N) is 1. The van der Waals surface area contributed by atoms with Crippen LogP contribution >= 0.6 is 0 Å². The fraction of sp³-hybridized carbons (Fsp3) is 0.417. The molecule has 0 spiro atoms. The Bertz CT molecular complexity index is 381. The highest BCUT2D eigenvalue weighted by Crippen LogP contribution is 2.00. The maximum Gasteiger partial charge on any atom is 0.343 e. The Morgan fingerprint density at radius 3 is 2.61 bits per heavy atom. The molecule has 100 valence electrons. The standard InChI is InChI=1S/C12H20N4O2/c1-3-18-12(17)11(15-13)16(14-2)9-10-7-5-4-6-8-10/h4-8,12,14,17H,3,9,13H2,1-2H3/p+1. The van der Waals surface area contributed by atoms with Gasteiger partial charge in [-0.1, -0.05) is 30.3 Å². The summed E-state index contributed by atoms with van der Waals surface area (Å²) >= 11 is 0. The van der Waals surface area contributed by atoms with Crippen molar-refractivity contribution < 1.29 is 14.5 Å². The van der Waals surface area contributed by atoms with Crippen LogP contribution in [-0.4, -0.2) is 35.6 Å². The van der Waals surface area contributed by atoms with Crippen molar-refractivity contribution in [3.8, 4) is 0 Å². The van der Waals surface area contributed by atoms with Crippen molar-refractivity contribution in [2.45, 2.75) is 19.8 Å². The molecule has 1 aromatic carbocycles. The summed E-state index contributed by atoms with van der Waals surface area (Å²) in [4.78, 5) is 0. The lowest BCUT2D eigenvalue weighted by Gasteiger charge is -2.14. The third kappa shape index (κ3) is 3.99. The first kappa shape index (κ1) is 14.4. The van der Waals surface area contributed by atoms with Crippen LogP contribution in [0.4, 0.5) is 0 Å². The van der Waals surface area contributed by atoms with Crippen molar-refractivity contribution in [1.82, 2.24) is 10.9 Å². The minimum atomic E-state index is -1.09. The number of aliphatic hydroxyl groups excluding tert-OH is 1. The van der Waals surface area contributed by atoms with Gasteiger partial charge in [-0.15, -0.1) is 0 Å². The summed E-state index contributed by atoms with van der Waals surface area (Å²) in [5, 5.41) is 9.81. The van der Waals surface area contributed by atoms with E-state index in [1.165, 1.54) is 0 Å². The van der Waals surface area contributed by atoms with Crippen molar-refractivity contribution in [3.63, 3.8) is 0 Å². The fourth-order valence-corrected chi connectivity index (χ4v) is 1.57. The lowest BCUT2D eigenvalue weighted by Crippen LogP contribution is -2.49. The van der Waals surface area contributed by atoms with Crippen LogP contribution in [0.1, 0.15) is 12.5 Å². The monoisotopic (exact) mass is 253 g/mol. The van der Waals surface area contributed by atoms with E-state index >= 15 is 0 Å². The van der Waals surface area contributed by atoms with Gasteiger partial charge in [-0.25, -0.2) is 0 Å². The second kappa shape index (κ2) is 7.65. The smallest absolute Gasteiger partial charge is 0.343 e. The molecule has 0 fully saturated rings. The van der Waals surface area contributed by atoms with Crippen LogP contribution in [0, 0.1) is 0 Å². The Morgan fingerprint density at radius 1 is 1.44 bits per heavy atom. The van der Waals surface area contributed by atoms with Gasteiger partial charge in [0.15, 0.2) is 0 Å². The molecule has 0 heterocycles. The Hall–Kier alpha value is -1.63. The summed E-state index contributed by atoms with van der Waals surface area (Å²) in [5.74, 6) is 5.79. The lowest BCUT2D eigenvalue weighted by molar-refractivity contribution is -0.603. The number of rotatable bonds is 6. The second-order valence-corrected chi connectivity index (χ2v) is 3.63. The molecule has 0 aliphatic rings. The third-order valence-corrected chi connectivity index (χ3v) is 2.45. The molecule has 0 aliphatic carbocycles. The molecule has 6 nitrogen and oxygen atoms in total. The highest BCUT2D eigenvalue weighted by molar-refractivity contribution is 5.79. The van der Waals surface area contributed by atoms with E-state index in [-0.39, 0.29) is 0 Å². The molecule has 0 aliphatic heterocycles. The van der Waals surface area contributed by atoms with Crippen molar-refractivity contribution in [2.24, 2.45) is 5.84 Å². The molecule has 6 heteroatoms. The van der Waals surface area contributed by atoms with Crippen LogP contribution < -0.4 is 16.7 Å². The number of hydrogen-bond donors (Lipinski definition) is 4. The number of hydrazine groups is 2. The van der Waals surface area contributed by atoms with E-state index in [1.54, 1.807) is 18.7 Å². The molecule has 0 radical (unpaired) electrons. The first-order valence-electron chi connectivity index (χ1n) is 5.84. The third-order valence-electron chi connectivity index (χ3n) is 2.45. The van der Waals surface area contributed by atoms with Gasteiger partial charge in [-0.3, -0.25) is 5.43 Å². The molecule has 18 heavy (non-hydrogen) atoms. The minimum Gasteiger partial charge on any atom is -0.358 e. The number of ether oxygens (including phenoxy) is 1. The van der Waals surface area contributed by atoms with E-state index in [2.05, 4.69) is 10.9 Å². The maximum absolute atomic E-state index is 9.81. The Labute approximate surface area is 107 Å². The summed E-state index contributed by atoms with van der Waals surface area (Å²) in [7, 11) is 1.75. The van der Waals surface area contributed by atoms with E-state index in [1.807, 2.05) is 30.3 Å². The van der Waals surface area contributed by atoms with E-state index in [0.29, 0.717) is 19.0 Å². The van der Waals surface area contributed by atoms with Gasteiger partial charge in [-0.2, -0.15) is 16.0 Å². The fourth-order valence-electron chi connectivity index (χ4n) is 1.57. The van der Waals surface area contributed by atoms with Crippen molar-refractivity contribution >= 4 is 5.84 Å². The van der Waals surface area contributed by atoms with Crippen molar-refractivity contribution in [3.05, 3.63) is 35.9 Å². The van der Waals surface area contributed by atoms with Crippen LogP contribution in [0.25, 0.3) is 0 Å². The Morgan fingerprint density at radius 2 is 2.11 bits per heavy atom. The number of aliphatic hydroxyl groups is 1.